The summed E-state index contributed by atoms with van der Waals surface area (Å²) in [4.78, 5) is 10.8. The van der Waals surface area contributed by atoms with E-state index in [1.165, 1.54) is 6.92 Å². The summed E-state index contributed by atoms with van der Waals surface area (Å²) in [7, 11) is 0. The van der Waals surface area contributed by atoms with Crippen LogP contribution in [0, 0.1) is 12.3 Å². The minimum absolute atomic E-state index is 0.0235. The average molecular weight is 205 g/mol. The van der Waals surface area contributed by atoms with Gasteiger partial charge < -0.3 is 11.1 Å². The Hall–Kier alpha value is -1.84. The Balaban J connectivity index is 2.96. The number of amides is 1. The summed E-state index contributed by atoms with van der Waals surface area (Å²) in [6, 6.07) is 5.62. The van der Waals surface area contributed by atoms with Gasteiger partial charge in [-0.15, -0.1) is 0 Å². The predicted molar refractivity (Wildman–Crippen MR) is 59.7 cm³/mol. The van der Waals surface area contributed by atoms with Crippen molar-refractivity contribution in [3.05, 3.63) is 34.9 Å². The van der Waals surface area contributed by atoms with E-state index in [9.17, 15) is 4.79 Å². The number of carbonyl (C=O) groups is 1. The quantitative estimate of drug-likeness (QED) is 0.506. The van der Waals surface area contributed by atoms with Crippen molar-refractivity contribution < 1.29 is 4.79 Å². The van der Waals surface area contributed by atoms with E-state index in [0.29, 0.717) is 12.1 Å². The molecule has 1 aromatic rings. The molecule has 15 heavy (non-hydrogen) atoms. The fraction of sp³-hybridized carbons (Fsp3) is 0.273. The predicted octanol–water partition coefficient (Wildman–Crippen LogP) is 0.915. The zero-order chi connectivity index (χ0) is 11.4. The van der Waals surface area contributed by atoms with E-state index in [0.717, 1.165) is 11.1 Å². The van der Waals surface area contributed by atoms with Crippen LogP contribution in [0.25, 0.3) is 0 Å². The highest BCUT2D eigenvalue weighted by Crippen LogP contribution is 2.11. The summed E-state index contributed by atoms with van der Waals surface area (Å²) in [6.07, 6.45) is 0. The molecule has 1 aromatic carbocycles. The van der Waals surface area contributed by atoms with Crippen molar-refractivity contribution in [2.75, 3.05) is 0 Å². The van der Waals surface area contributed by atoms with Crippen molar-refractivity contribution in [3.8, 4) is 0 Å². The molecule has 0 saturated carbocycles. The molecule has 80 valence electrons. The van der Waals surface area contributed by atoms with E-state index < -0.39 is 0 Å². The van der Waals surface area contributed by atoms with E-state index >= 15 is 0 Å². The number of carbonyl (C=O) groups excluding carboxylic acids is 1. The zero-order valence-electron chi connectivity index (χ0n) is 8.92. The van der Waals surface area contributed by atoms with Crippen molar-refractivity contribution in [2.24, 2.45) is 5.73 Å². The van der Waals surface area contributed by atoms with Crippen LogP contribution in [0.5, 0.6) is 0 Å². The number of hydrogen-bond donors (Lipinski definition) is 3. The molecule has 4 nitrogen and oxygen atoms in total. The summed E-state index contributed by atoms with van der Waals surface area (Å²) < 4.78 is 0. The summed E-state index contributed by atoms with van der Waals surface area (Å²) in [6.45, 7) is 3.83. The summed E-state index contributed by atoms with van der Waals surface area (Å²) in [5.74, 6) is -0.0682. The van der Waals surface area contributed by atoms with Gasteiger partial charge in [-0.3, -0.25) is 10.2 Å². The average Bonchev–Trinajstić information content (AvgIpc) is 2.14. The topological polar surface area (TPSA) is 79.0 Å². The van der Waals surface area contributed by atoms with E-state index in [1.54, 1.807) is 6.07 Å². The van der Waals surface area contributed by atoms with E-state index in [4.69, 9.17) is 11.1 Å². The number of amidine groups is 1. The van der Waals surface area contributed by atoms with Crippen LogP contribution in [0.3, 0.4) is 0 Å². The van der Waals surface area contributed by atoms with Crippen molar-refractivity contribution in [3.63, 3.8) is 0 Å². The fourth-order valence-electron chi connectivity index (χ4n) is 1.35. The molecular weight excluding hydrogens is 190 g/mol. The van der Waals surface area contributed by atoms with Crippen LogP contribution in [0.15, 0.2) is 18.2 Å². The molecule has 0 fully saturated rings. The number of aryl methyl sites for hydroxylation is 1. The van der Waals surface area contributed by atoms with Crippen LogP contribution in [0.2, 0.25) is 0 Å². The highest BCUT2D eigenvalue weighted by molar-refractivity contribution is 5.96. The standard InChI is InChI=1S/C11H15N3O/c1-7-3-4-10(11(12)13)9(5-7)6-14-8(2)15/h3-5H,6H2,1-2H3,(H3,12,13)(H,14,15). The monoisotopic (exact) mass is 205 g/mol. The Bertz CT molecular complexity index is 399. The summed E-state index contributed by atoms with van der Waals surface area (Å²) in [5, 5.41) is 10.1. The maximum Gasteiger partial charge on any atom is 0.217 e. The minimum Gasteiger partial charge on any atom is -0.384 e. The number of benzene rings is 1. The molecule has 0 bridgehead atoms. The lowest BCUT2D eigenvalue weighted by molar-refractivity contribution is -0.119. The van der Waals surface area contributed by atoms with Crippen LogP contribution in [0.1, 0.15) is 23.6 Å². The maximum atomic E-state index is 10.8. The largest absolute Gasteiger partial charge is 0.384 e. The van der Waals surface area contributed by atoms with Gasteiger partial charge in [-0.25, -0.2) is 0 Å². The number of rotatable bonds is 3. The van der Waals surface area contributed by atoms with Gasteiger partial charge in [0.2, 0.25) is 5.91 Å². The first-order chi connectivity index (χ1) is 7.00. The molecule has 4 N–H and O–H groups in total. The number of hydrogen-bond acceptors (Lipinski definition) is 2. The normalized spacial score (nSPS) is 9.73. The smallest absolute Gasteiger partial charge is 0.217 e. The minimum atomic E-state index is -0.0917. The SMILES string of the molecule is CC(=O)NCc1cc(C)ccc1C(=N)N. The van der Waals surface area contributed by atoms with Crippen LogP contribution in [-0.4, -0.2) is 11.7 Å². The molecule has 0 atom stereocenters. The lowest BCUT2D eigenvalue weighted by Crippen LogP contribution is -2.22. The third kappa shape index (κ3) is 3.09. The van der Waals surface area contributed by atoms with Crippen molar-refractivity contribution in [1.82, 2.24) is 5.32 Å². The summed E-state index contributed by atoms with van der Waals surface area (Å²) >= 11 is 0. The van der Waals surface area contributed by atoms with Gasteiger partial charge in [0.05, 0.1) is 0 Å². The molecule has 1 amide bonds. The molecular formula is C11H15N3O. The maximum absolute atomic E-state index is 10.8. The van der Waals surface area contributed by atoms with Gasteiger partial charge in [-0.05, 0) is 12.5 Å². The van der Waals surface area contributed by atoms with Crippen molar-refractivity contribution in [2.45, 2.75) is 20.4 Å². The first-order valence-electron chi connectivity index (χ1n) is 4.69. The molecule has 0 heterocycles. The van der Waals surface area contributed by atoms with Gasteiger partial charge in [0.1, 0.15) is 5.84 Å². The Morgan fingerprint density at radius 3 is 2.73 bits per heavy atom. The van der Waals surface area contributed by atoms with Gasteiger partial charge in [0, 0.05) is 19.0 Å². The van der Waals surface area contributed by atoms with Gasteiger partial charge in [0.25, 0.3) is 0 Å². The molecule has 4 heteroatoms. The molecule has 0 aromatic heterocycles. The molecule has 0 radical (unpaired) electrons. The van der Waals surface area contributed by atoms with Gasteiger partial charge in [-0.2, -0.15) is 0 Å². The second-order valence-corrected chi connectivity index (χ2v) is 3.48. The zero-order valence-corrected chi connectivity index (χ0v) is 8.92. The van der Waals surface area contributed by atoms with Crippen LogP contribution in [-0.2, 0) is 11.3 Å². The lowest BCUT2D eigenvalue weighted by atomic mass is 10.0. The molecule has 0 spiro atoms. The molecule has 0 saturated heterocycles. The van der Waals surface area contributed by atoms with Crippen LogP contribution < -0.4 is 11.1 Å². The molecule has 0 aliphatic heterocycles. The second kappa shape index (κ2) is 4.59. The third-order valence-electron chi connectivity index (χ3n) is 2.08. The van der Waals surface area contributed by atoms with E-state index in [-0.39, 0.29) is 11.7 Å². The van der Waals surface area contributed by atoms with Gasteiger partial charge in [0.15, 0.2) is 0 Å². The molecule has 0 aliphatic carbocycles. The summed E-state index contributed by atoms with van der Waals surface area (Å²) in [5.41, 5.74) is 8.07. The Morgan fingerprint density at radius 1 is 1.53 bits per heavy atom. The van der Waals surface area contributed by atoms with E-state index in [1.807, 2.05) is 19.1 Å². The fourth-order valence-corrected chi connectivity index (χ4v) is 1.35. The van der Waals surface area contributed by atoms with Crippen molar-refractivity contribution >= 4 is 11.7 Å². The lowest BCUT2D eigenvalue weighted by Gasteiger charge is -2.09. The highest BCUT2D eigenvalue weighted by atomic mass is 16.1. The molecule has 0 unspecified atom stereocenters. The third-order valence-corrected chi connectivity index (χ3v) is 2.08. The number of nitrogen functional groups attached to an aromatic ring is 1. The number of nitrogens with one attached hydrogen (secondary N) is 2. The molecule has 0 aliphatic rings. The van der Waals surface area contributed by atoms with Crippen molar-refractivity contribution in [1.29, 1.82) is 5.41 Å². The van der Waals surface area contributed by atoms with Crippen LogP contribution in [0.4, 0.5) is 0 Å². The van der Waals surface area contributed by atoms with Gasteiger partial charge in [-0.1, -0.05) is 23.8 Å². The first-order valence-corrected chi connectivity index (χ1v) is 4.69. The Morgan fingerprint density at radius 2 is 2.20 bits per heavy atom. The number of nitrogens with two attached hydrogens (primary N) is 1. The molecule has 1 rings (SSSR count). The Kier molecular flexibility index (Phi) is 3.44. The first kappa shape index (κ1) is 11.2. The highest BCUT2D eigenvalue weighted by Gasteiger charge is 2.05. The van der Waals surface area contributed by atoms with Gasteiger partial charge >= 0.3 is 0 Å². The second-order valence-electron chi connectivity index (χ2n) is 3.48. The Labute approximate surface area is 89.0 Å². The van der Waals surface area contributed by atoms with Crippen LogP contribution >= 0.6 is 0 Å². The van der Waals surface area contributed by atoms with E-state index in [2.05, 4.69) is 5.32 Å².